The summed E-state index contributed by atoms with van der Waals surface area (Å²) in [5.41, 5.74) is 0. The van der Waals surface area contributed by atoms with E-state index in [4.69, 9.17) is 0 Å². The Kier molecular flexibility index (Phi) is 4.02. The van der Waals surface area contributed by atoms with Crippen molar-refractivity contribution in [3.05, 3.63) is 12.2 Å². The molecule has 2 fully saturated rings. The highest BCUT2D eigenvalue weighted by molar-refractivity contribution is 4.93. The molecule has 0 aliphatic carbocycles. The number of rotatable bonds is 2. The Morgan fingerprint density at radius 2 is 1.00 bits per heavy atom. The zero-order valence-electron chi connectivity index (χ0n) is 9.12. The van der Waals surface area contributed by atoms with Crippen molar-refractivity contribution in [2.24, 2.45) is 11.8 Å². The van der Waals surface area contributed by atoms with E-state index in [1.807, 2.05) is 0 Å². The fraction of sp³-hybridized carbons (Fsp3) is 0.833. The van der Waals surface area contributed by atoms with Gasteiger partial charge in [-0.05, 0) is 11.8 Å². The molecule has 2 rings (SSSR count). The third kappa shape index (κ3) is 3.10. The van der Waals surface area contributed by atoms with Crippen LogP contribution in [0.25, 0.3) is 0 Å². The third-order valence-corrected chi connectivity index (χ3v) is 3.62. The highest BCUT2D eigenvalue weighted by Crippen LogP contribution is 2.15. The fourth-order valence-corrected chi connectivity index (χ4v) is 2.60. The lowest BCUT2D eigenvalue weighted by Gasteiger charge is -2.19. The van der Waals surface area contributed by atoms with Gasteiger partial charge in [-0.3, -0.25) is 0 Å². The second kappa shape index (κ2) is 5.52. The number of hydrogen-bond acceptors (Lipinski definition) is 0. The van der Waals surface area contributed by atoms with Crippen molar-refractivity contribution in [1.29, 1.82) is 0 Å². The van der Waals surface area contributed by atoms with E-state index >= 15 is 0 Å². The standard InChI is InChI=1S/C12H22N2/c1(11-3-7-13-8-4-11)2-12-5-9-14-10-6-12/h1-2,11-14H,3-10H2/p+2/b2-1+. The molecule has 0 atom stereocenters. The van der Waals surface area contributed by atoms with Crippen LogP contribution in [-0.2, 0) is 0 Å². The minimum Gasteiger partial charge on any atom is -0.346 e. The summed E-state index contributed by atoms with van der Waals surface area (Å²) in [6.07, 6.45) is 10.6. The zero-order valence-corrected chi connectivity index (χ0v) is 9.12. The lowest BCUT2D eigenvalue weighted by molar-refractivity contribution is -0.664. The predicted octanol–water partition coefficient (Wildman–Crippen LogP) is -0.511. The zero-order chi connectivity index (χ0) is 9.64. The summed E-state index contributed by atoms with van der Waals surface area (Å²) in [6, 6.07) is 0. The maximum Gasteiger partial charge on any atom is 0.0761 e. The summed E-state index contributed by atoms with van der Waals surface area (Å²) in [5.74, 6) is 1.79. The van der Waals surface area contributed by atoms with Gasteiger partial charge in [0.1, 0.15) is 0 Å². The molecule has 14 heavy (non-hydrogen) atoms. The lowest BCUT2D eigenvalue weighted by Crippen LogP contribution is -2.86. The number of nitrogens with two attached hydrogens (primary N) is 2. The van der Waals surface area contributed by atoms with Gasteiger partial charge in [-0.25, -0.2) is 0 Å². The van der Waals surface area contributed by atoms with E-state index in [9.17, 15) is 0 Å². The first-order chi connectivity index (χ1) is 6.95. The molecule has 0 unspecified atom stereocenters. The van der Waals surface area contributed by atoms with Crippen molar-refractivity contribution in [2.75, 3.05) is 26.2 Å². The Labute approximate surface area is 87.2 Å². The predicted molar refractivity (Wildman–Crippen MR) is 57.9 cm³/mol. The minimum absolute atomic E-state index is 0.894. The molecule has 2 heteroatoms. The second-order valence-corrected chi connectivity index (χ2v) is 4.79. The average molecular weight is 196 g/mol. The maximum atomic E-state index is 2.52. The molecular weight excluding hydrogens is 172 g/mol. The molecule has 0 bridgehead atoms. The van der Waals surface area contributed by atoms with Crippen molar-refractivity contribution in [1.82, 2.24) is 0 Å². The molecule has 2 heterocycles. The molecule has 0 radical (unpaired) electrons. The van der Waals surface area contributed by atoms with E-state index in [1.165, 1.54) is 51.9 Å². The Hall–Kier alpha value is -0.340. The van der Waals surface area contributed by atoms with Gasteiger partial charge in [0.25, 0.3) is 0 Å². The summed E-state index contributed by atoms with van der Waals surface area (Å²) in [5, 5.41) is 4.89. The molecule has 80 valence electrons. The van der Waals surface area contributed by atoms with Gasteiger partial charge in [0.2, 0.25) is 0 Å². The molecule has 0 amide bonds. The monoisotopic (exact) mass is 196 g/mol. The van der Waals surface area contributed by atoms with E-state index in [2.05, 4.69) is 22.8 Å². The third-order valence-electron chi connectivity index (χ3n) is 3.62. The molecule has 0 spiro atoms. The van der Waals surface area contributed by atoms with Crippen LogP contribution in [0, 0.1) is 11.8 Å². The number of allylic oxidation sites excluding steroid dienone is 2. The van der Waals surface area contributed by atoms with Crippen molar-refractivity contribution >= 4 is 0 Å². The van der Waals surface area contributed by atoms with Crippen LogP contribution in [-0.4, -0.2) is 26.2 Å². The van der Waals surface area contributed by atoms with E-state index in [-0.39, 0.29) is 0 Å². The molecule has 2 aliphatic rings. The summed E-state index contributed by atoms with van der Waals surface area (Å²) in [4.78, 5) is 0. The van der Waals surface area contributed by atoms with Crippen LogP contribution in [0.1, 0.15) is 25.7 Å². The number of piperidine rings is 2. The highest BCUT2D eigenvalue weighted by atomic mass is 14.9. The van der Waals surface area contributed by atoms with Gasteiger partial charge in [0.15, 0.2) is 0 Å². The molecule has 2 nitrogen and oxygen atoms in total. The summed E-state index contributed by atoms with van der Waals surface area (Å²) in [7, 11) is 0. The first kappa shape index (κ1) is 10.2. The largest absolute Gasteiger partial charge is 0.346 e. The van der Waals surface area contributed by atoms with Crippen LogP contribution in [0.3, 0.4) is 0 Å². The maximum absolute atomic E-state index is 2.52. The van der Waals surface area contributed by atoms with E-state index < -0.39 is 0 Å². The van der Waals surface area contributed by atoms with Crippen LogP contribution in [0.5, 0.6) is 0 Å². The van der Waals surface area contributed by atoms with Gasteiger partial charge < -0.3 is 10.6 Å². The van der Waals surface area contributed by atoms with Crippen molar-refractivity contribution in [2.45, 2.75) is 25.7 Å². The Morgan fingerprint density at radius 1 is 0.643 bits per heavy atom. The number of hydrogen-bond donors (Lipinski definition) is 2. The van der Waals surface area contributed by atoms with E-state index in [0.29, 0.717) is 0 Å². The first-order valence-corrected chi connectivity index (χ1v) is 6.27. The summed E-state index contributed by atoms with van der Waals surface area (Å²) >= 11 is 0. The molecule has 2 saturated heterocycles. The average Bonchev–Trinajstić information content (AvgIpc) is 2.29. The van der Waals surface area contributed by atoms with Crippen LogP contribution in [0.4, 0.5) is 0 Å². The molecular formula is C12H24N2+2. The van der Waals surface area contributed by atoms with Gasteiger partial charge in [-0.2, -0.15) is 0 Å². The van der Waals surface area contributed by atoms with Crippen LogP contribution in [0.15, 0.2) is 12.2 Å². The van der Waals surface area contributed by atoms with Gasteiger partial charge in [-0.1, -0.05) is 12.2 Å². The summed E-state index contributed by atoms with van der Waals surface area (Å²) < 4.78 is 0. The molecule has 0 aromatic rings. The van der Waals surface area contributed by atoms with Gasteiger partial charge in [-0.15, -0.1) is 0 Å². The van der Waals surface area contributed by atoms with Crippen LogP contribution in [0.2, 0.25) is 0 Å². The van der Waals surface area contributed by atoms with Crippen LogP contribution >= 0.6 is 0 Å². The van der Waals surface area contributed by atoms with E-state index in [0.717, 1.165) is 11.8 Å². The minimum atomic E-state index is 0.894. The lowest BCUT2D eigenvalue weighted by atomic mass is 9.92. The fourth-order valence-electron chi connectivity index (χ4n) is 2.60. The van der Waals surface area contributed by atoms with Crippen molar-refractivity contribution in [3.8, 4) is 0 Å². The quantitative estimate of drug-likeness (QED) is 0.558. The Bertz CT molecular complexity index is 157. The molecule has 4 N–H and O–H groups in total. The molecule has 0 aromatic carbocycles. The Balaban J connectivity index is 1.73. The smallest absolute Gasteiger partial charge is 0.0761 e. The first-order valence-electron chi connectivity index (χ1n) is 6.27. The van der Waals surface area contributed by atoms with Crippen molar-refractivity contribution < 1.29 is 10.6 Å². The van der Waals surface area contributed by atoms with Gasteiger partial charge in [0.05, 0.1) is 26.2 Å². The van der Waals surface area contributed by atoms with Crippen molar-refractivity contribution in [3.63, 3.8) is 0 Å². The normalized spacial score (nSPS) is 27.1. The van der Waals surface area contributed by atoms with Crippen LogP contribution < -0.4 is 10.6 Å². The highest BCUT2D eigenvalue weighted by Gasteiger charge is 2.15. The molecule has 2 aliphatic heterocycles. The molecule has 0 aromatic heterocycles. The van der Waals surface area contributed by atoms with E-state index in [1.54, 1.807) is 0 Å². The number of quaternary nitrogens is 2. The molecule has 0 saturated carbocycles. The Morgan fingerprint density at radius 3 is 1.36 bits per heavy atom. The second-order valence-electron chi connectivity index (χ2n) is 4.79. The summed E-state index contributed by atoms with van der Waals surface area (Å²) in [6.45, 7) is 5.36. The van der Waals surface area contributed by atoms with Gasteiger partial charge in [0, 0.05) is 25.7 Å². The SMILES string of the molecule is C(=C\C1CC[NH2+]CC1)/C1CC[NH2+]CC1. The topological polar surface area (TPSA) is 33.2 Å². The van der Waals surface area contributed by atoms with Gasteiger partial charge >= 0.3 is 0 Å².